The highest BCUT2D eigenvalue weighted by Crippen LogP contribution is 2.30. The molecule has 5 nitrogen and oxygen atoms in total. The first-order valence-electron chi connectivity index (χ1n) is 9.62. The van der Waals surface area contributed by atoms with E-state index in [0.717, 1.165) is 32.5 Å². The van der Waals surface area contributed by atoms with Crippen molar-refractivity contribution >= 4 is 5.91 Å². The van der Waals surface area contributed by atoms with Gasteiger partial charge in [-0.3, -0.25) is 9.69 Å². The van der Waals surface area contributed by atoms with E-state index in [1.807, 2.05) is 12.1 Å². The summed E-state index contributed by atoms with van der Waals surface area (Å²) in [7, 11) is 1.60. The molecule has 1 fully saturated rings. The number of hydrogen-bond acceptors (Lipinski definition) is 4. The summed E-state index contributed by atoms with van der Waals surface area (Å²) in [6.45, 7) is 3.60. The Morgan fingerprint density at radius 1 is 1.22 bits per heavy atom. The van der Waals surface area contributed by atoms with Crippen LogP contribution in [0.4, 0.5) is 0 Å². The zero-order chi connectivity index (χ0) is 18.6. The van der Waals surface area contributed by atoms with Crippen LogP contribution in [0.1, 0.15) is 28.8 Å². The summed E-state index contributed by atoms with van der Waals surface area (Å²) in [6.07, 6.45) is 2.26. The van der Waals surface area contributed by atoms with Crippen LogP contribution in [0.2, 0.25) is 0 Å². The molecule has 0 unspecified atom stereocenters. The highest BCUT2D eigenvalue weighted by molar-refractivity contribution is 5.97. The molecule has 4 rings (SSSR count). The smallest absolute Gasteiger partial charge is 0.255 e. The minimum atomic E-state index is -0.0941. The predicted octanol–water partition coefficient (Wildman–Crippen LogP) is 3.10. The van der Waals surface area contributed by atoms with E-state index in [1.165, 1.54) is 5.56 Å². The second-order valence-corrected chi connectivity index (χ2v) is 7.35. The van der Waals surface area contributed by atoms with E-state index in [4.69, 9.17) is 9.47 Å². The first kappa shape index (κ1) is 17.9. The molecule has 2 aliphatic rings. The molecule has 0 bridgehead atoms. The van der Waals surface area contributed by atoms with Gasteiger partial charge in [-0.1, -0.05) is 30.3 Å². The van der Waals surface area contributed by atoms with Gasteiger partial charge in [0.05, 0.1) is 19.2 Å². The molecule has 2 aromatic rings. The SMILES string of the molecule is COc1ccc2c(c1)C(=O)NC[C@@H]([C@H]1CCCN(Cc3ccccc3)C1)O2. The normalized spacial score (nSPS) is 22.9. The third-order valence-electron chi connectivity index (χ3n) is 5.49. The standard InChI is InChI=1S/C22H26N2O3/c1-26-18-9-10-20-19(12-18)22(25)23-13-21(27-20)17-8-5-11-24(15-17)14-16-6-3-2-4-7-16/h2-4,6-7,9-10,12,17,21H,5,8,11,13-15H2,1H3,(H,23,25)/t17-,21-/m0/s1. The average molecular weight is 366 g/mol. The van der Waals surface area contributed by atoms with E-state index >= 15 is 0 Å². The monoisotopic (exact) mass is 366 g/mol. The molecule has 2 aliphatic heterocycles. The summed E-state index contributed by atoms with van der Waals surface area (Å²) >= 11 is 0. The summed E-state index contributed by atoms with van der Waals surface area (Å²) in [4.78, 5) is 14.9. The molecule has 142 valence electrons. The number of hydrogen-bond donors (Lipinski definition) is 1. The number of methoxy groups -OCH3 is 1. The lowest BCUT2D eigenvalue weighted by Gasteiger charge is -2.36. The molecule has 1 saturated heterocycles. The largest absolute Gasteiger partial charge is 0.497 e. The van der Waals surface area contributed by atoms with Crippen molar-refractivity contribution in [2.45, 2.75) is 25.5 Å². The second kappa shape index (κ2) is 8.01. The van der Waals surface area contributed by atoms with E-state index in [9.17, 15) is 4.79 Å². The van der Waals surface area contributed by atoms with E-state index in [-0.39, 0.29) is 12.0 Å². The zero-order valence-electron chi connectivity index (χ0n) is 15.7. The topological polar surface area (TPSA) is 50.8 Å². The number of nitrogens with one attached hydrogen (secondary N) is 1. The number of nitrogens with zero attached hydrogens (tertiary/aromatic N) is 1. The molecular weight excluding hydrogens is 340 g/mol. The highest BCUT2D eigenvalue weighted by Gasteiger charge is 2.32. The number of ether oxygens (including phenoxy) is 2. The minimum Gasteiger partial charge on any atom is -0.497 e. The highest BCUT2D eigenvalue weighted by atomic mass is 16.5. The van der Waals surface area contributed by atoms with Gasteiger partial charge < -0.3 is 14.8 Å². The number of benzene rings is 2. The molecule has 0 radical (unpaired) electrons. The van der Waals surface area contributed by atoms with E-state index in [2.05, 4.69) is 40.5 Å². The summed E-state index contributed by atoms with van der Waals surface area (Å²) in [5.74, 6) is 1.62. The third-order valence-corrected chi connectivity index (χ3v) is 5.49. The van der Waals surface area contributed by atoms with Gasteiger partial charge in [-0.05, 0) is 43.1 Å². The van der Waals surface area contributed by atoms with Crippen LogP contribution in [0.3, 0.4) is 0 Å². The van der Waals surface area contributed by atoms with Crippen molar-refractivity contribution in [2.24, 2.45) is 5.92 Å². The molecule has 2 aromatic carbocycles. The third kappa shape index (κ3) is 4.08. The average Bonchev–Trinajstić information content (AvgIpc) is 2.88. The van der Waals surface area contributed by atoms with Crippen molar-refractivity contribution < 1.29 is 14.3 Å². The molecular formula is C22H26N2O3. The van der Waals surface area contributed by atoms with Crippen molar-refractivity contribution in [1.82, 2.24) is 10.2 Å². The number of rotatable bonds is 4. The van der Waals surface area contributed by atoms with E-state index < -0.39 is 0 Å². The molecule has 1 N–H and O–H groups in total. The van der Waals surface area contributed by atoms with Crippen molar-refractivity contribution in [3.05, 3.63) is 59.7 Å². The first-order valence-corrected chi connectivity index (χ1v) is 9.62. The Morgan fingerprint density at radius 2 is 2.07 bits per heavy atom. The predicted molar refractivity (Wildman–Crippen MR) is 104 cm³/mol. The van der Waals surface area contributed by atoms with E-state index in [0.29, 0.717) is 29.5 Å². The number of carbonyl (C=O) groups is 1. The molecule has 27 heavy (non-hydrogen) atoms. The lowest BCUT2D eigenvalue weighted by molar-refractivity contribution is 0.0659. The summed E-state index contributed by atoms with van der Waals surface area (Å²) in [5, 5.41) is 3.03. The molecule has 5 heteroatoms. The Balaban J connectivity index is 1.46. The lowest BCUT2D eigenvalue weighted by atomic mass is 9.92. The van der Waals surface area contributed by atoms with Crippen LogP contribution in [0.25, 0.3) is 0 Å². The minimum absolute atomic E-state index is 0.0119. The summed E-state index contributed by atoms with van der Waals surface area (Å²) in [6, 6.07) is 16.0. The molecule has 0 aromatic heterocycles. The number of carbonyl (C=O) groups excluding carboxylic acids is 1. The molecule has 0 spiro atoms. The van der Waals surface area contributed by atoms with Crippen LogP contribution >= 0.6 is 0 Å². The van der Waals surface area contributed by atoms with Gasteiger partial charge in [0.2, 0.25) is 0 Å². The second-order valence-electron chi connectivity index (χ2n) is 7.35. The van der Waals surface area contributed by atoms with Gasteiger partial charge in [0, 0.05) is 19.0 Å². The van der Waals surface area contributed by atoms with Crippen LogP contribution in [-0.4, -0.2) is 43.7 Å². The van der Waals surface area contributed by atoms with Crippen LogP contribution in [-0.2, 0) is 6.54 Å². The maximum Gasteiger partial charge on any atom is 0.255 e. The number of piperidine rings is 1. The molecule has 1 amide bonds. The number of likely N-dealkylation sites (tertiary alicyclic amines) is 1. The van der Waals surface area contributed by atoms with Crippen molar-refractivity contribution in [3.8, 4) is 11.5 Å². The fraction of sp³-hybridized carbons (Fsp3) is 0.409. The van der Waals surface area contributed by atoms with Gasteiger partial charge in [-0.15, -0.1) is 0 Å². The summed E-state index contributed by atoms with van der Waals surface area (Å²) in [5.41, 5.74) is 1.89. The maximum absolute atomic E-state index is 12.5. The van der Waals surface area contributed by atoms with Crippen LogP contribution < -0.4 is 14.8 Å². The Kier molecular flexibility index (Phi) is 5.30. The number of amides is 1. The zero-order valence-corrected chi connectivity index (χ0v) is 15.7. The molecule has 2 atom stereocenters. The van der Waals surface area contributed by atoms with Crippen molar-refractivity contribution in [2.75, 3.05) is 26.7 Å². The molecule has 2 heterocycles. The van der Waals surface area contributed by atoms with Crippen LogP contribution in [0, 0.1) is 5.92 Å². The first-order chi connectivity index (χ1) is 13.2. The fourth-order valence-electron chi connectivity index (χ4n) is 4.05. The van der Waals surface area contributed by atoms with Crippen molar-refractivity contribution in [3.63, 3.8) is 0 Å². The van der Waals surface area contributed by atoms with Crippen LogP contribution in [0.15, 0.2) is 48.5 Å². The Labute approximate surface area is 160 Å². The number of fused-ring (bicyclic) bond motifs is 1. The quantitative estimate of drug-likeness (QED) is 0.903. The lowest BCUT2D eigenvalue weighted by Crippen LogP contribution is -2.45. The Morgan fingerprint density at radius 3 is 2.89 bits per heavy atom. The maximum atomic E-state index is 12.5. The van der Waals surface area contributed by atoms with Gasteiger partial charge in [0.25, 0.3) is 5.91 Å². The molecule has 0 aliphatic carbocycles. The fourth-order valence-corrected chi connectivity index (χ4v) is 4.05. The molecule has 0 saturated carbocycles. The Bertz CT molecular complexity index is 793. The Hall–Kier alpha value is -2.53. The van der Waals surface area contributed by atoms with Gasteiger partial charge in [-0.25, -0.2) is 0 Å². The van der Waals surface area contributed by atoms with Gasteiger partial charge in [0.1, 0.15) is 17.6 Å². The van der Waals surface area contributed by atoms with Crippen LogP contribution in [0.5, 0.6) is 11.5 Å². The van der Waals surface area contributed by atoms with Gasteiger partial charge >= 0.3 is 0 Å². The van der Waals surface area contributed by atoms with E-state index in [1.54, 1.807) is 13.2 Å². The van der Waals surface area contributed by atoms with Gasteiger partial charge in [0.15, 0.2) is 0 Å². The summed E-state index contributed by atoms with van der Waals surface area (Å²) < 4.78 is 11.5. The van der Waals surface area contributed by atoms with Crippen molar-refractivity contribution in [1.29, 1.82) is 0 Å². The van der Waals surface area contributed by atoms with Gasteiger partial charge in [-0.2, -0.15) is 0 Å².